The maximum absolute atomic E-state index is 5.68. The number of alkyl halides is 1. The molecule has 4 heteroatoms. The Balaban J connectivity index is 1.92. The van der Waals surface area contributed by atoms with Gasteiger partial charge in [0.05, 0.1) is 0 Å². The summed E-state index contributed by atoms with van der Waals surface area (Å²) >= 11 is 5.68. The summed E-state index contributed by atoms with van der Waals surface area (Å²) in [6, 6.07) is 8.55. The third-order valence-corrected chi connectivity index (χ3v) is 3.66. The zero-order chi connectivity index (χ0) is 12.4. The number of rotatable bonds is 3. The van der Waals surface area contributed by atoms with E-state index in [4.69, 9.17) is 16.1 Å². The highest BCUT2D eigenvalue weighted by molar-refractivity contribution is 6.17. The van der Waals surface area contributed by atoms with E-state index in [1.165, 1.54) is 17.5 Å². The first-order valence-electron chi connectivity index (χ1n) is 6.34. The van der Waals surface area contributed by atoms with Gasteiger partial charge in [0.25, 0.3) is 0 Å². The molecule has 1 heterocycles. The van der Waals surface area contributed by atoms with Crippen LogP contribution in [0.5, 0.6) is 0 Å². The summed E-state index contributed by atoms with van der Waals surface area (Å²) < 4.78 is 5.23. The first-order chi connectivity index (χ1) is 8.88. The molecule has 0 bridgehead atoms. The van der Waals surface area contributed by atoms with E-state index in [1.54, 1.807) is 0 Å². The minimum atomic E-state index is 0.280. The fraction of sp³-hybridized carbons (Fsp3) is 0.429. The summed E-state index contributed by atoms with van der Waals surface area (Å²) in [5, 5.41) is 4.11. The number of nitrogens with zero attached hydrogens (tertiary/aromatic N) is 2. The molecule has 0 saturated carbocycles. The monoisotopic (exact) mass is 262 g/mol. The molecule has 0 spiro atoms. The Kier molecular flexibility index (Phi) is 3.33. The summed E-state index contributed by atoms with van der Waals surface area (Å²) in [5.74, 6) is 2.25. The second-order valence-corrected chi connectivity index (χ2v) is 5.01. The number of hydrogen-bond acceptors (Lipinski definition) is 3. The zero-order valence-electron chi connectivity index (χ0n) is 10.1. The molecule has 2 aromatic rings. The highest BCUT2D eigenvalue weighted by atomic mass is 35.5. The Morgan fingerprint density at radius 2 is 2.22 bits per heavy atom. The van der Waals surface area contributed by atoms with Crippen molar-refractivity contribution >= 4 is 11.6 Å². The molecule has 3 nitrogen and oxygen atoms in total. The van der Waals surface area contributed by atoms with E-state index >= 15 is 0 Å². The van der Waals surface area contributed by atoms with E-state index in [0.717, 1.165) is 18.7 Å². The molecule has 1 unspecified atom stereocenters. The van der Waals surface area contributed by atoms with Gasteiger partial charge in [0.2, 0.25) is 5.89 Å². The van der Waals surface area contributed by atoms with Crippen molar-refractivity contribution in [3.63, 3.8) is 0 Å². The van der Waals surface area contributed by atoms with Gasteiger partial charge in [-0.1, -0.05) is 29.4 Å². The lowest BCUT2D eigenvalue weighted by atomic mass is 9.82. The number of benzene rings is 1. The van der Waals surface area contributed by atoms with Gasteiger partial charge in [-0.2, -0.15) is 4.98 Å². The molecular weight excluding hydrogens is 248 g/mol. The Bertz CT molecular complexity index is 538. The number of halogens is 1. The summed E-state index contributed by atoms with van der Waals surface area (Å²) in [7, 11) is 0. The Hall–Kier alpha value is -1.35. The molecule has 1 aliphatic rings. The van der Waals surface area contributed by atoms with Crippen molar-refractivity contribution in [2.75, 3.05) is 5.88 Å². The molecule has 3 rings (SSSR count). The standard InChI is InChI=1S/C14H15ClN2O/c15-9-8-13-16-14(17-18-13)12-7-3-5-10-4-1-2-6-11(10)12/h1-2,4,6,12H,3,5,7-9H2. The Labute approximate surface area is 111 Å². The van der Waals surface area contributed by atoms with E-state index in [1.807, 2.05) is 0 Å². The molecule has 1 aromatic carbocycles. The SMILES string of the molecule is ClCCc1nc(C2CCCc3ccccc32)no1. The largest absolute Gasteiger partial charge is 0.339 e. The van der Waals surface area contributed by atoms with Crippen LogP contribution in [0, 0.1) is 0 Å². The summed E-state index contributed by atoms with van der Waals surface area (Å²) in [5.41, 5.74) is 2.76. The van der Waals surface area contributed by atoms with E-state index in [-0.39, 0.29) is 5.92 Å². The highest BCUT2D eigenvalue weighted by Gasteiger charge is 2.25. The van der Waals surface area contributed by atoms with E-state index < -0.39 is 0 Å². The number of aromatic nitrogens is 2. The smallest absolute Gasteiger partial charge is 0.227 e. The van der Waals surface area contributed by atoms with Gasteiger partial charge in [0.1, 0.15) is 0 Å². The van der Waals surface area contributed by atoms with Crippen molar-refractivity contribution < 1.29 is 4.52 Å². The van der Waals surface area contributed by atoms with Crippen LogP contribution in [0.2, 0.25) is 0 Å². The van der Waals surface area contributed by atoms with Crippen LogP contribution in [0.15, 0.2) is 28.8 Å². The van der Waals surface area contributed by atoms with E-state index in [0.29, 0.717) is 18.2 Å². The summed E-state index contributed by atoms with van der Waals surface area (Å²) in [6.45, 7) is 0. The third-order valence-electron chi connectivity index (χ3n) is 3.47. The molecule has 0 saturated heterocycles. The normalized spacial score (nSPS) is 18.6. The van der Waals surface area contributed by atoms with Crippen molar-refractivity contribution in [3.8, 4) is 0 Å². The van der Waals surface area contributed by atoms with Crippen molar-refractivity contribution in [1.82, 2.24) is 10.1 Å². The maximum atomic E-state index is 5.68. The van der Waals surface area contributed by atoms with Crippen molar-refractivity contribution in [1.29, 1.82) is 0 Å². The number of hydrogen-bond donors (Lipinski definition) is 0. The number of fused-ring (bicyclic) bond motifs is 1. The molecular formula is C14H15ClN2O. The van der Waals surface area contributed by atoms with Gasteiger partial charge in [0.15, 0.2) is 5.82 Å². The van der Waals surface area contributed by atoms with Gasteiger partial charge in [-0.3, -0.25) is 0 Å². The molecule has 1 atom stereocenters. The van der Waals surface area contributed by atoms with Crippen LogP contribution in [-0.4, -0.2) is 16.0 Å². The fourth-order valence-corrected chi connectivity index (χ4v) is 2.78. The third kappa shape index (κ3) is 2.15. The predicted octanol–water partition coefficient (Wildman–Crippen LogP) is 3.32. The van der Waals surface area contributed by atoms with Crippen LogP contribution < -0.4 is 0 Å². The average molecular weight is 263 g/mol. The number of aryl methyl sites for hydroxylation is 2. The van der Waals surface area contributed by atoms with Gasteiger partial charge in [-0.25, -0.2) is 0 Å². The quantitative estimate of drug-likeness (QED) is 0.797. The lowest BCUT2D eigenvalue weighted by Gasteiger charge is -2.22. The van der Waals surface area contributed by atoms with Crippen LogP contribution in [-0.2, 0) is 12.8 Å². The van der Waals surface area contributed by atoms with Gasteiger partial charge >= 0.3 is 0 Å². The first kappa shape index (κ1) is 11.7. The van der Waals surface area contributed by atoms with Gasteiger partial charge in [-0.05, 0) is 30.4 Å². The maximum Gasteiger partial charge on any atom is 0.227 e. The molecule has 0 radical (unpaired) electrons. The lowest BCUT2D eigenvalue weighted by molar-refractivity contribution is 0.373. The Morgan fingerprint density at radius 3 is 3.11 bits per heavy atom. The average Bonchev–Trinajstić information content (AvgIpc) is 2.87. The molecule has 94 valence electrons. The summed E-state index contributed by atoms with van der Waals surface area (Å²) in [6.07, 6.45) is 4.07. The van der Waals surface area contributed by atoms with Crippen LogP contribution in [0.3, 0.4) is 0 Å². The fourth-order valence-electron chi connectivity index (χ4n) is 2.61. The molecule has 18 heavy (non-hydrogen) atoms. The minimum Gasteiger partial charge on any atom is -0.339 e. The minimum absolute atomic E-state index is 0.280. The van der Waals surface area contributed by atoms with Gasteiger partial charge in [-0.15, -0.1) is 11.6 Å². The van der Waals surface area contributed by atoms with Gasteiger partial charge in [0, 0.05) is 18.2 Å². The summed E-state index contributed by atoms with van der Waals surface area (Å²) in [4.78, 5) is 4.46. The van der Waals surface area contributed by atoms with Crippen molar-refractivity contribution in [2.24, 2.45) is 0 Å². The molecule has 1 aromatic heterocycles. The molecule has 0 amide bonds. The lowest BCUT2D eigenvalue weighted by Crippen LogP contribution is -2.12. The topological polar surface area (TPSA) is 38.9 Å². The van der Waals surface area contributed by atoms with Crippen LogP contribution in [0.1, 0.15) is 41.6 Å². The van der Waals surface area contributed by atoms with Crippen molar-refractivity contribution in [2.45, 2.75) is 31.6 Å². The van der Waals surface area contributed by atoms with E-state index in [2.05, 4.69) is 34.4 Å². The van der Waals surface area contributed by atoms with Gasteiger partial charge < -0.3 is 4.52 Å². The van der Waals surface area contributed by atoms with Crippen LogP contribution >= 0.6 is 11.6 Å². The first-order valence-corrected chi connectivity index (χ1v) is 6.88. The van der Waals surface area contributed by atoms with E-state index in [9.17, 15) is 0 Å². The molecule has 0 N–H and O–H groups in total. The second kappa shape index (κ2) is 5.11. The second-order valence-electron chi connectivity index (χ2n) is 4.63. The van der Waals surface area contributed by atoms with Crippen molar-refractivity contribution in [3.05, 3.63) is 47.1 Å². The predicted molar refractivity (Wildman–Crippen MR) is 69.9 cm³/mol. The van der Waals surface area contributed by atoms with Crippen LogP contribution in [0.25, 0.3) is 0 Å². The Morgan fingerprint density at radius 1 is 1.33 bits per heavy atom. The zero-order valence-corrected chi connectivity index (χ0v) is 10.9. The highest BCUT2D eigenvalue weighted by Crippen LogP contribution is 2.35. The molecule has 1 aliphatic carbocycles. The van der Waals surface area contributed by atoms with Crippen LogP contribution in [0.4, 0.5) is 0 Å². The molecule has 0 aliphatic heterocycles. The molecule has 0 fully saturated rings.